The van der Waals surface area contributed by atoms with Crippen molar-refractivity contribution in [2.75, 3.05) is 18.5 Å². The van der Waals surface area contributed by atoms with E-state index in [1.807, 2.05) is 11.9 Å². The second-order valence-electron chi connectivity index (χ2n) is 3.52. The minimum absolute atomic E-state index is 0.0677. The molecule has 1 atom stereocenters. The van der Waals surface area contributed by atoms with Crippen LogP contribution in [-0.2, 0) is 0 Å². The van der Waals surface area contributed by atoms with Gasteiger partial charge in [-0.1, -0.05) is 11.6 Å². The van der Waals surface area contributed by atoms with E-state index < -0.39 is 11.9 Å². The number of aliphatic hydroxyl groups excluding tert-OH is 1. The molecule has 4 heteroatoms. The van der Waals surface area contributed by atoms with Crippen LogP contribution in [0.25, 0.3) is 0 Å². The van der Waals surface area contributed by atoms with Crippen LogP contribution in [-0.4, -0.2) is 18.7 Å². The van der Waals surface area contributed by atoms with Gasteiger partial charge in [0.2, 0.25) is 0 Å². The summed E-state index contributed by atoms with van der Waals surface area (Å²) in [4.78, 5) is 1.92. The summed E-state index contributed by atoms with van der Waals surface area (Å²) in [7, 11) is 1.87. The van der Waals surface area contributed by atoms with Crippen molar-refractivity contribution in [3.05, 3.63) is 28.5 Å². The van der Waals surface area contributed by atoms with Gasteiger partial charge in [0.1, 0.15) is 5.82 Å². The molecule has 0 spiro atoms. The molecular formula is C10H11ClFNO. The van der Waals surface area contributed by atoms with E-state index in [0.29, 0.717) is 12.0 Å². The van der Waals surface area contributed by atoms with Crippen LogP contribution in [0.5, 0.6) is 0 Å². The van der Waals surface area contributed by atoms with Gasteiger partial charge in [0.25, 0.3) is 0 Å². The molecule has 1 aromatic carbocycles. The summed E-state index contributed by atoms with van der Waals surface area (Å²) in [6, 6.07) is 3.26. The first kappa shape index (κ1) is 9.74. The van der Waals surface area contributed by atoms with Crippen molar-refractivity contribution < 1.29 is 9.50 Å². The first-order valence-corrected chi connectivity index (χ1v) is 4.86. The molecule has 1 aliphatic rings. The Kier molecular flexibility index (Phi) is 2.37. The van der Waals surface area contributed by atoms with Gasteiger partial charge in [0, 0.05) is 24.8 Å². The third-order valence-corrected chi connectivity index (χ3v) is 2.88. The highest BCUT2D eigenvalue weighted by Crippen LogP contribution is 2.37. The van der Waals surface area contributed by atoms with Crippen LogP contribution >= 0.6 is 11.6 Å². The zero-order chi connectivity index (χ0) is 10.3. The monoisotopic (exact) mass is 215 g/mol. The molecule has 1 unspecified atom stereocenters. The van der Waals surface area contributed by atoms with E-state index >= 15 is 0 Å². The fourth-order valence-corrected chi connectivity index (χ4v) is 1.95. The molecule has 1 heterocycles. The normalized spacial score (nSPS) is 20.9. The van der Waals surface area contributed by atoms with E-state index in [1.54, 1.807) is 6.07 Å². The van der Waals surface area contributed by atoms with Gasteiger partial charge in [-0.3, -0.25) is 0 Å². The predicted molar refractivity (Wildman–Crippen MR) is 54.3 cm³/mol. The average molecular weight is 216 g/mol. The SMILES string of the molecule is CN1CCC(O)c2c1ccc(Cl)c2F. The zero-order valence-electron chi connectivity index (χ0n) is 7.80. The predicted octanol–water partition coefficient (Wildman–Crippen LogP) is 2.35. The number of halogens is 2. The molecule has 1 N–H and O–H groups in total. The molecule has 76 valence electrons. The quantitative estimate of drug-likeness (QED) is 0.718. The molecule has 0 aromatic heterocycles. The summed E-state index contributed by atoms with van der Waals surface area (Å²) in [5, 5.41) is 9.73. The lowest BCUT2D eigenvalue weighted by atomic mass is 9.99. The maximum atomic E-state index is 13.6. The Morgan fingerprint density at radius 2 is 2.29 bits per heavy atom. The third-order valence-electron chi connectivity index (χ3n) is 2.59. The molecule has 2 rings (SSSR count). The zero-order valence-corrected chi connectivity index (χ0v) is 8.55. The maximum Gasteiger partial charge on any atom is 0.149 e. The van der Waals surface area contributed by atoms with Crippen molar-refractivity contribution in [3.63, 3.8) is 0 Å². The number of anilines is 1. The Morgan fingerprint density at radius 3 is 3.00 bits per heavy atom. The number of hydrogen-bond acceptors (Lipinski definition) is 2. The average Bonchev–Trinajstić information content (AvgIpc) is 2.16. The van der Waals surface area contributed by atoms with Gasteiger partial charge in [-0.05, 0) is 18.6 Å². The van der Waals surface area contributed by atoms with E-state index in [9.17, 15) is 9.50 Å². The van der Waals surface area contributed by atoms with Gasteiger partial charge in [-0.15, -0.1) is 0 Å². The first-order valence-electron chi connectivity index (χ1n) is 4.48. The number of nitrogens with zero attached hydrogens (tertiary/aromatic N) is 1. The molecule has 0 fully saturated rings. The number of fused-ring (bicyclic) bond motifs is 1. The Bertz CT molecular complexity index is 369. The van der Waals surface area contributed by atoms with E-state index in [2.05, 4.69) is 0 Å². The van der Waals surface area contributed by atoms with Crippen LogP contribution in [0.1, 0.15) is 18.1 Å². The standard InChI is InChI=1S/C10H11ClFNO/c1-13-5-4-8(14)9-7(13)3-2-6(11)10(9)12/h2-3,8,14H,4-5H2,1H3. The van der Waals surface area contributed by atoms with E-state index in [1.165, 1.54) is 6.07 Å². The lowest BCUT2D eigenvalue weighted by Crippen LogP contribution is -2.28. The second kappa shape index (κ2) is 3.41. The first-order chi connectivity index (χ1) is 6.61. The van der Waals surface area contributed by atoms with Gasteiger partial charge < -0.3 is 10.0 Å². The van der Waals surface area contributed by atoms with Crippen LogP contribution < -0.4 is 4.90 Å². The van der Waals surface area contributed by atoms with E-state index in [4.69, 9.17) is 11.6 Å². The largest absolute Gasteiger partial charge is 0.388 e. The molecule has 0 bridgehead atoms. The fraction of sp³-hybridized carbons (Fsp3) is 0.400. The Balaban J connectivity index is 2.61. The van der Waals surface area contributed by atoms with Crippen LogP contribution in [0, 0.1) is 5.82 Å². The molecule has 0 radical (unpaired) electrons. The van der Waals surface area contributed by atoms with Crippen LogP contribution in [0.3, 0.4) is 0 Å². The third kappa shape index (κ3) is 1.37. The molecular weight excluding hydrogens is 205 g/mol. The molecule has 1 aromatic rings. The fourth-order valence-electron chi connectivity index (χ4n) is 1.79. The molecule has 0 aliphatic carbocycles. The van der Waals surface area contributed by atoms with Gasteiger partial charge >= 0.3 is 0 Å². The highest BCUT2D eigenvalue weighted by molar-refractivity contribution is 6.30. The molecule has 2 nitrogen and oxygen atoms in total. The van der Waals surface area contributed by atoms with Crippen molar-refractivity contribution in [1.82, 2.24) is 0 Å². The second-order valence-corrected chi connectivity index (χ2v) is 3.93. The highest BCUT2D eigenvalue weighted by atomic mass is 35.5. The van der Waals surface area contributed by atoms with Gasteiger partial charge in [-0.2, -0.15) is 0 Å². The summed E-state index contributed by atoms with van der Waals surface area (Å²) in [5.41, 5.74) is 1.05. The van der Waals surface area contributed by atoms with Crippen molar-refractivity contribution in [2.24, 2.45) is 0 Å². The highest BCUT2D eigenvalue weighted by Gasteiger charge is 2.25. The van der Waals surface area contributed by atoms with E-state index in [-0.39, 0.29) is 5.02 Å². The molecule has 0 saturated carbocycles. The number of aliphatic hydroxyl groups is 1. The maximum absolute atomic E-state index is 13.6. The minimum atomic E-state index is -0.736. The van der Waals surface area contributed by atoms with Crippen molar-refractivity contribution in [1.29, 1.82) is 0 Å². The van der Waals surface area contributed by atoms with Gasteiger partial charge in [0.05, 0.1) is 11.1 Å². The summed E-state index contributed by atoms with van der Waals surface area (Å²) >= 11 is 5.65. The lowest BCUT2D eigenvalue weighted by Gasteiger charge is -2.31. The van der Waals surface area contributed by atoms with Crippen LogP contribution in [0.2, 0.25) is 5.02 Å². The van der Waals surface area contributed by atoms with Crippen molar-refractivity contribution >= 4 is 17.3 Å². The van der Waals surface area contributed by atoms with Crippen LogP contribution in [0.4, 0.5) is 10.1 Å². The number of rotatable bonds is 0. The lowest BCUT2D eigenvalue weighted by molar-refractivity contribution is 0.160. The minimum Gasteiger partial charge on any atom is -0.388 e. The Labute approximate surface area is 86.9 Å². The molecule has 0 saturated heterocycles. The van der Waals surface area contributed by atoms with Crippen molar-refractivity contribution in [3.8, 4) is 0 Å². The van der Waals surface area contributed by atoms with Crippen molar-refractivity contribution in [2.45, 2.75) is 12.5 Å². The summed E-state index contributed by atoms with van der Waals surface area (Å²) in [5.74, 6) is -0.497. The van der Waals surface area contributed by atoms with E-state index in [0.717, 1.165) is 12.2 Å². The molecule has 0 amide bonds. The molecule has 1 aliphatic heterocycles. The smallest absolute Gasteiger partial charge is 0.149 e. The summed E-state index contributed by atoms with van der Waals surface area (Å²) < 4.78 is 13.6. The van der Waals surface area contributed by atoms with Crippen LogP contribution in [0.15, 0.2) is 12.1 Å². The Morgan fingerprint density at radius 1 is 1.57 bits per heavy atom. The summed E-state index contributed by atoms with van der Waals surface area (Å²) in [6.07, 6.45) is -0.194. The number of hydrogen-bond donors (Lipinski definition) is 1. The topological polar surface area (TPSA) is 23.5 Å². The number of benzene rings is 1. The molecule has 14 heavy (non-hydrogen) atoms. The van der Waals surface area contributed by atoms with Gasteiger partial charge in [0.15, 0.2) is 0 Å². The summed E-state index contributed by atoms with van der Waals surface area (Å²) in [6.45, 7) is 0.731. The van der Waals surface area contributed by atoms with Gasteiger partial charge in [-0.25, -0.2) is 4.39 Å². The Hall–Kier alpha value is -0.800.